The number of anilines is 2. The third kappa shape index (κ3) is 5.03. The minimum Gasteiger partial charge on any atom is -0.490 e. The van der Waals surface area contributed by atoms with Gasteiger partial charge >= 0.3 is 0 Å². The first kappa shape index (κ1) is 15.2. The summed E-state index contributed by atoms with van der Waals surface area (Å²) in [4.78, 5) is 0. The van der Waals surface area contributed by atoms with Gasteiger partial charge in [0.1, 0.15) is 11.9 Å². The van der Waals surface area contributed by atoms with E-state index >= 15 is 0 Å². The zero-order valence-electron chi connectivity index (χ0n) is 12.6. The quantitative estimate of drug-likeness (QED) is 0.754. The number of ether oxygens (including phenoxy) is 1. The van der Waals surface area contributed by atoms with Crippen molar-refractivity contribution in [2.24, 2.45) is 0 Å². The lowest BCUT2D eigenvalue weighted by Gasteiger charge is -2.19. The van der Waals surface area contributed by atoms with Gasteiger partial charge in [-0.05, 0) is 42.3 Å². The van der Waals surface area contributed by atoms with Crippen LogP contribution in [0.25, 0.3) is 0 Å². The van der Waals surface area contributed by atoms with E-state index in [0.29, 0.717) is 11.4 Å². The third-order valence-electron chi connectivity index (χ3n) is 3.43. The molecule has 0 fully saturated rings. The Kier molecular flexibility index (Phi) is 5.50. The molecular formula is C18H24N2O. The van der Waals surface area contributed by atoms with Crippen molar-refractivity contribution >= 4 is 11.4 Å². The number of nitrogens with two attached hydrogens (primary N) is 2. The summed E-state index contributed by atoms with van der Waals surface area (Å²) in [5, 5.41) is 0. The van der Waals surface area contributed by atoms with Crippen LogP contribution in [0, 0.1) is 0 Å². The zero-order valence-corrected chi connectivity index (χ0v) is 12.6. The van der Waals surface area contributed by atoms with Gasteiger partial charge in [0.25, 0.3) is 0 Å². The van der Waals surface area contributed by atoms with Crippen molar-refractivity contribution in [3.8, 4) is 5.75 Å². The van der Waals surface area contributed by atoms with Gasteiger partial charge < -0.3 is 16.2 Å². The number of rotatable bonds is 7. The van der Waals surface area contributed by atoms with Crippen molar-refractivity contribution < 1.29 is 4.74 Å². The first-order chi connectivity index (χ1) is 10.2. The van der Waals surface area contributed by atoms with Crippen LogP contribution in [0.5, 0.6) is 5.75 Å². The van der Waals surface area contributed by atoms with Gasteiger partial charge in [0.15, 0.2) is 0 Å². The van der Waals surface area contributed by atoms with Crippen LogP contribution in [-0.2, 0) is 6.42 Å². The number of hydrogen-bond acceptors (Lipinski definition) is 3. The number of hydrogen-bond donors (Lipinski definition) is 2. The summed E-state index contributed by atoms with van der Waals surface area (Å²) in [7, 11) is 0. The summed E-state index contributed by atoms with van der Waals surface area (Å²) < 4.78 is 6.12. The monoisotopic (exact) mass is 284 g/mol. The zero-order chi connectivity index (χ0) is 15.1. The lowest BCUT2D eigenvalue weighted by atomic mass is 10.0. The Morgan fingerprint density at radius 1 is 1.00 bits per heavy atom. The fraction of sp³-hybridized carbons (Fsp3) is 0.333. The van der Waals surface area contributed by atoms with E-state index in [9.17, 15) is 0 Å². The molecule has 3 nitrogen and oxygen atoms in total. The van der Waals surface area contributed by atoms with Crippen LogP contribution in [0.2, 0.25) is 0 Å². The molecule has 0 aliphatic heterocycles. The smallest absolute Gasteiger partial charge is 0.119 e. The van der Waals surface area contributed by atoms with Crippen LogP contribution in [0.4, 0.5) is 11.4 Å². The van der Waals surface area contributed by atoms with E-state index in [1.807, 2.05) is 42.5 Å². The molecule has 0 aromatic heterocycles. The number of unbranched alkanes of at least 4 members (excludes halogenated alkanes) is 1. The molecule has 2 rings (SSSR count). The molecule has 0 spiro atoms. The van der Waals surface area contributed by atoms with Crippen LogP contribution < -0.4 is 16.2 Å². The SMILES string of the molecule is CCCCC(Cc1cc(N)cc(N)c1)Oc1ccccc1. The predicted molar refractivity (Wildman–Crippen MR) is 89.4 cm³/mol. The molecule has 2 aromatic carbocycles. The largest absolute Gasteiger partial charge is 0.490 e. The van der Waals surface area contributed by atoms with Crippen LogP contribution >= 0.6 is 0 Å². The first-order valence-corrected chi connectivity index (χ1v) is 7.54. The molecule has 3 heteroatoms. The van der Waals surface area contributed by atoms with Crippen LogP contribution in [0.1, 0.15) is 31.7 Å². The Balaban J connectivity index is 2.08. The average molecular weight is 284 g/mol. The van der Waals surface area contributed by atoms with E-state index < -0.39 is 0 Å². The van der Waals surface area contributed by atoms with Crippen molar-refractivity contribution in [2.45, 2.75) is 38.7 Å². The lowest BCUT2D eigenvalue weighted by Crippen LogP contribution is -2.19. The fourth-order valence-corrected chi connectivity index (χ4v) is 2.45. The molecule has 0 saturated carbocycles. The second-order valence-electron chi connectivity index (χ2n) is 5.41. The van der Waals surface area contributed by atoms with Crippen molar-refractivity contribution in [1.82, 2.24) is 0 Å². The molecule has 2 aromatic rings. The summed E-state index contributed by atoms with van der Waals surface area (Å²) in [6.07, 6.45) is 4.31. The van der Waals surface area contributed by atoms with E-state index in [1.54, 1.807) is 6.07 Å². The highest BCUT2D eigenvalue weighted by atomic mass is 16.5. The normalized spacial score (nSPS) is 12.0. The predicted octanol–water partition coefficient (Wildman–Crippen LogP) is 4.03. The molecule has 0 heterocycles. The molecule has 0 radical (unpaired) electrons. The first-order valence-electron chi connectivity index (χ1n) is 7.54. The highest BCUT2D eigenvalue weighted by Crippen LogP contribution is 2.20. The van der Waals surface area contributed by atoms with E-state index in [2.05, 4.69) is 6.92 Å². The van der Waals surface area contributed by atoms with Crippen molar-refractivity contribution in [3.63, 3.8) is 0 Å². The molecule has 21 heavy (non-hydrogen) atoms. The van der Waals surface area contributed by atoms with Crippen LogP contribution in [0.15, 0.2) is 48.5 Å². The Hall–Kier alpha value is -2.16. The maximum Gasteiger partial charge on any atom is 0.119 e. The molecule has 0 aliphatic carbocycles. The minimum atomic E-state index is 0.147. The number of nitrogen functional groups attached to an aromatic ring is 2. The summed E-state index contributed by atoms with van der Waals surface area (Å²) in [6, 6.07) is 15.7. The molecule has 0 saturated heterocycles. The van der Waals surface area contributed by atoms with Crippen molar-refractivity contribution in [1.29, 1.82) is 0 Å². The summed E-state index contributed by atoms with van der Waals surface area (Å²) >= 11 is 0. The van der Waals surface area contributed by atoms with Crippen LogP contribution in [0.3, 0.4) is 0 Å². The van der Waals surface area contributed by atoms with Crippen LogP contribution in [-0.4, -0.2) is 6.10 Å². The van der Waals surface area contributed by atoms with Crippen molar-refractivity contribution in [3.05, 3.63) is 54.1 Å². The summed E-state index contributed by atoms with van der Waals surface area (Å²) in [6.45, 7) is 2.19. The Bertz CT molecular complexity index is 534. The van der Waals surface area contributed by atoms with E-state index in [0.717, 1.165) is 37.0 Å². The molecule has 4 N–H and O–H groups in total. The second-order valence-corrected chi connectivity index (χ2v) is 5.41. The highest BCUT2D eigenvalue weighted by molar-refractivity contribution is 5.54. The summed E-state index contributed by atoms with van der Waals surface area (Å²) in [5.41, 5.74) is 14.3. The molecule has 0 amide bonds. The van der Waals surface area contributed by atoms with Gasteiger partial charge in [-0.15, -0.1) is 0 Å². The van der Waals surface area contributed by atoms with E-state index in [-0.39, 0.29) is 6.10 Å². The Morgan fingerprint density at radius 2 is 1.67 bits per heavy atom. The van der Waals surface area contributed by atoms with Gasteiger partial charge in [-0.25, -0.2) is 0 Å². The maximum atomic E-state index is 6.12. The highest BCUT2D eigenvalue weighted by Gasteiger charge is 2.12. The standard InChI is InChI=1S/C18H24N2O/c1-2-3-7-18(21-17-8-5-4-6-9-17)12-14-10-15(19)13-16(20)11-14/h4-6,8-11,13,18H,2-3,7,12,19-20H2,1H3. The number of benzene rings is 2. The molecule has 0 aliphatic rings. The van der Waals surface area contributed by atoms with Gasteiger partial charge in [0.2, 0.25) is 0 Å². The van der Waals surface area contributed by atoms with E-state index in [1.165, 1.54) is 0 Å². The molecule has 112 valence electrons. The Labute approximate surface area is 126 Å². The third-order valence-corrected chi connectivity index (χ3v) is 3.43. The van der Waals surface area contributed by atoms with Gasteiger partial charge in [-0.3, -0.25) is 0 Å². The molecular weight excluding hydrogens is 260 g/mol. The molecule has 1 atom stereocenters. The van der Waals surface area contributed by atoms with Gasteiger partial charge in [-0.2, -0.15) is 0 Å². The Morgan fingerprint density at radius 3 is 2.29 bits per heavy atom. The molecule has 1 unspecified atom stereocenters. The lowest BCUT2D eigenvalue weighted by molar-refractivity contribution is 0.188. The fourth-order valence-electron chi connectivity index (χ4n) is 2.45. The minimum absolute atomic E-state index is 0.147. The van der Waals surface area contributed by atoms with Crippen molar-refractivity contribution in [2.75, 3.05) is 11.5 Å². The van der Waals surface area contributed by atoms with Gasteiger partial charge in [-0.1, -0.05) is 38.0 Å². The topological polar surface area (TPSA) is 61.3 Å². The summed E-state index contributed by atoms with van der Waals surface area (Å²) in [5.74, 6) is 0.912. The van der Waals surface area contributed by atoms with Gasteiger partial charge in [0, 0.05) is 17.8 Å². The average Bonchev–Trinajstić information content (AvgIpc) is 2.45. The van der Waals surface area contributed by atoms with Gasteiger partial charge in [0.05, 0.1) is 0 Å². The second kappa shape index (κ2) is 7.58. The number of para-hydroxylation sites is 1. The molecule has 0 bridgehead atoms. The van der Waals surface area contributed by atoms with E-state index in [4.69, 9.17) is 16.2 Å². The maximum absolute atomic E-state index is 6.12.